The van der Waals surface area contributed by atoms with Gasteiger partial charge in [-0.25, -0.2) is 13.6 Å². The normalized spacial score (nSPS) is 13.0. The summed E-state index contributed by atoms with van der Waals surface area (Å²) in [5.74, 6) is -1.01. The number of halogens is 2. The predicted octanol–water partition coefficient (Wildman–Crippen LogP) is 1.85. The summed E-state index contributed by atoms with van der Waals surface area (Å²) in [4.78, 5) is 11.2. The molecule has 0 aliphatic heterocycles. The Morgan fingerprint density at radius 1 is 1.35 bits per heavy atom. The van der Waals surface area contributed by atoms with Gasteiger partial charge >= 0.3 is 5.97 Å². The molecule has 0 aliphatic rings. The van der Waals surface area contributed by atoms with E-state index in [1.54, 1.807) is 24.3 Å². The van der Waals surface area contributed by atoms with Crippen LogP contribution in [0.2, 0.25) is 0 Å². The van der Waals surface area contributed by atoms with Gasteiger partial charge in [0.05, 0.1) is 6.54 Å². The van der Waals surface area contributed by atoms with E-state index in [9.17, 15) is 18.7 Å². The summed E-state index contributed by atoms with van der Waals surface area (Å²) >= 11 is 0. The minimum atomic E-state index is -2.85. The van der Waals surface area contributed by atoms with Gasteiger partial charge in [-0.3, -0.25) is 0 Å². The molecule has 5 nitrogen and oxygen atoms in total. The number of aliphatic hydroxyl groups is 1. The maximum absolute atomic E-state index is 12.1. The number of furan rings is 1. The highest BCUT2D eigenvalue weighted by molar-refractivity contribution is 6.03. The maximum Gasteiger partial charge on any atom is 0.339 e. The molecule has 2 rings (SSSR count). The molecule has 2 aromatic rings. The number of rotatable bonds is 6. The van der Waals surface area contributed by atoms with E-state index in [1.807, 2.05) is 0 Å². The smallest absolute Gasteiger partial charge is 0.339 e. The van der Waals surface area contributed by atoms with E-state index < -0.39 is 18.5 Å². The van der Waals surface area contributed by atoms with Gasteiger partial charge in [0.25, 0.3) is 6.43 Å². The van der Waals surface area contributed by atoms with Gasteiger partial charge < -0.3 is 19.9 Å². The number of fused-ring (bicyclic) bond motifs is 1. The molecule has 1 aromatic carbocycles. The second kappa shape index (κ2) is 5.98. The Bertz CT molecular complexity index is 611. The van der Waals surface area contributed by atoms with Crippen LogP contribution in [-0.4, -0.2) is 35.3 Å². The summed E-state index contributed by atoms with van der Waals surface area (Å²) in [6.45, 7) is -0.409. The van der Waals surface area contributed by atoms with Gasteiger partial charge in [-0.2, -0.15) is 0 Å². The van der Waals surface area contributed by atoms with E-state index in [-0.39, 0.29) is 24.4 Å². The van der Waals surface area contributed by atoms with Crippen LogP contribution in [0.4, 0.5) is 8.78 Å². The molecule has 20 heavy (non-hydrogen) atoms. The minimum absolute atomic E-state index is 0.000336. The zero-order valence-electron chi connectivity index (χ0n) is 10.3. The molecular weight excluding hydrogens is 272 g/mol. The average molecular weight is 285 g/mol. The third-order valence-electron chi connectivity index (χ3n) is 2.81. The molecule has 108 valence electrons. The fourth-order valence-corrected chi connectivity index (χ4v) is 1.88. The Morgan fingerprint density at radius 2 is 2.05 bits per heavy atom. The Balaban J connectivity index is 2.17. The number of benzene rings is 1. The van der Waals surface area contributed by atoms with Crippen LogP contribution in [0.5, 0.6) is 0 Å². The highest BCUT2D eigenvalue weighted by Crippen LogP contribution is 2.25. The molecule has 0 spiro atoms. The number of para-hydroxylation sites is 1. The molecule has 0 saturated heterocycles. The van der Waals surface area contributed by atoms with Crippen LogP contribution in [0.25, 0.3) is 11.0 Å². The number of aromatic carboxylic acids is 1. The van der Waals surface area contributed by atoms with Crippen molar-refractivity contribution in [3.05, 3.63) is 35.6 Å². The van der Waals surface area contributed by atoms with Gasteiger partial charge in [-0.1, -0.05) is 18.2 Å². The number of aliphatic hydroxyl groups excluding tert-OH is 1. The number of hydrogen-bond acceptors (Lipinski definition) is 4. The molecule has 1 heterocycles. The first-order valence-electron chi connectivity index (χ1n) is 5.91. The molecule has 0 bridgehead atoms. The SMILES string of the molecule is O=C(O)c1c(CNCC(O)C(F)F)oc2ccccc12. The van der Waals surface area contributed by atoms with Gasteiger partial charge in [-0.15, -0.1) is 0 Å². The van der Waals surface area contributed by atoms with Crippen LogP contribution in [0, 0.1) is 0 Å². The standard InChI is InChI=1S/C13H13F2NO4/c14-12(15)8(17)5-16-6-10-11(13(18)19)7-3-1-2-4-9(7)20-10/h1-4,8,12,16-17H,5-6H2,(H,18,19). The van der Waals surface area contributed by atoms with Gasteiger partial charge in [0.15, 0.2) is 0 Å². The quantitative estimate of drug-likeness (QED) is 0.754. The van der Waals surface area contributed by atoms with Crippen molar-refractivity contribution < 1.29 is 28.2 Å². The lowest BCUT2D eigenvalue weighted by Crippen LogP contribution is -2.31. The van der Waals surface area contributed by atoms with Crippen molar-refractivity contribution in [2.45, 2.75) is 19.1 Å². The van der Waals surface area contributed by atoms with Gasteiger partial charge in [0.2, 0.25) is 0 Å². The number of hydrogen-bond donors (Lipinski definition) is 3. The molecular formula is C13H13F2NO4. The number of carboxylic acids is 1. The van der Waals surface area contributed by atoms with Crippen molar-refractivity contribution >= 4 is 16.9 Å². The van der Waals surface area contributed by atoms with Crippen LogP contribution >= 0.6 is 0 Å². The Labute approximate surface area is 112 Å². The van der Waals surface area contributed by atoms with Crippen molar-refractivity contribution in [2.75, 3.05) is 6.54 Å². The van der Waals surface area contributed by atoms with Crippen molar-refractivity contribution in [1.29, 1.82) is 0 Å². The lowest BCUT2D eigenvalue weighted by molar-refractivity contribution is -0.00359. The third kappa shape index (κ3) is 2.94. The Hall–Kier alpha value is -1.99. The van der Waals surface area contributed by atoms with E-state index in [2.05, 4.69) is 5.32 Å². The number of nitrogens with one attached hydrogen (secondary N) is 1. The van der Waals surface area contributed by atoms with Gasteiger partial charge in [0, 0.05) is 11.9 Å². The summed E-state index contributed by atoms with van der Waals surface area (Å²) in [6, 6.07) is 6.62. The summed E-state index contributed by atoms with van der Waals surface area (Å²) < 4.78 is 29.6. The topological polar surface area (TPSA) is 82.7 Å². The van der Waals surface area contributed by atoms with E-state index in [0.29, 0.717) is 11.0 Å². The van der Waals surface area contributed by atoms with Crippen LogP contribution in [0.3, 0.4) is 0 Å². The van der Waals surface area contributed by atoms with Crippen LogP contribution < -0.4 is 5.32 Å². The Morgan fingerprint density at radius 3 is 2.70 bits per heavy atom. The molecule has 1 atom stereocenters. The second-order valence-electron chi connectivity index (χ2n) is 4.23. The summed E-state index contributed by atoms with van der Waals surface area (Å²) in [6.07, 6.45) is -4.65. The molecule has 0 amide bonds. The molecule has 0 fully saturated rings. The zero-order chi connectivity index (χ0) is 14.7. The monoisotopic (exact) mass is 285 g/mol. The lowest BCUT2D eigenvalue weighted by atomic mass is 10.1. The second-order valence-corrected chi connectivity index (χ2v) is 4.23. The van der Waals surface area contributed by atoms with Crippen LogP contribution in [-0.2, 0) is 6.54 Å². The fraction of sp³-hybridized carbons (Fsp3) is 0.308. The number of alkyl halides is 2. The lowest BCUT2D eigenvalue weighted by Gasteiger charge is -2.09. The molecule has 1 unspecified atom stereocenters. The van der Waals surface area contributed by atoms with Crippen molar-refractivity contribution in [3.8, 4) is 0 Å². The van der Waals surface area contributed by atoms with Crippen molar-refractivity contribution in [2.24, 2.45) is 0 Å². The first kappa shape index (κ1) is 14.4. The van der Waals surface area contributed by atoms with E-state index in [0.717, 1.165) is 0 Å². The first-order chi connectivity index (χ1) is 9.50. The van der Waals surface area contributed by atoms with Crippen molar-refractivity contribution in [3.63, 3.8) is 0 Å². The van der Waals surface area contributed by atoms with E-state index >= 15 is 0 Å². The van der Waals surface area contributed by atoms with Crippen molar-refractivity contribution in [1.82, 2.24) is 5.32 Å². The highest BCUT2D eigenvalue weighted by Gasteiger charge is 2.21. The average Bonchev–Trinajstić information content (AvgIpc) is 2.76. The minimum Gasteiger partial charge on any atom is -0.478 e. The van der Waals surface area contributed by atoms with Crippen LogP contribution in [0.1, 0.15) is 16.1 Å². The van der Waals surface area contributed by atoms with Gasteiger partial charge in [-0.05, 0) is 6.07 Å². The first-order valence-corrected chi connectivity index (χ1v) is 5.91. The van der Waals surface area contributed by atoms with Crippen LogP contribution in [0.15, 0.2) is 28.7 Å². The zero-order valence-corrected chi connectivity index (χ0v) is 10.3. The molecule has 3 N–H and O–H groups in total. The van der Waals surface area contributed by atoms with Gasteiger partial charge in [0.1, 0.15) is 23.0 Å². The van der Waals surface area contributed by atoms with E-state index in [1.165, 1.54) is 0 Å². The highest BCUT2D eigenvalue weighted by atomic mass is 19.3. The summed E-state index contributed by atoms with van der Waals surface area (Å²) in [7, 11) is 0. The molecule has 1 aromatic heterocycles. The van der Waals surface area contributed by atoms with E-state index in [4.69, 9.17) is 9.52 Å². The molecule has 0 aliphatic carbocycles. The predicted molar refractivity (Wildman–Crippen MR) is 66.9 cm³/mol. The molecule has 0 radical (unpaired) electrons. The summed E-state index contributed by atoms with van der Waals surface area (Å²) in [5, 5.41) is 21.2. The Kier molecular flexibility index (Phi) is 4.31. The largest absolute Gasteiger partial charge is 0.478 e. The molecule has 0 saturated carbocycles. The summed E-state index contributed by atoms with van der Waals surface area (Å²) in [5.41, 5.74) is 0.413. The number of carboxylic acid groups (broad SMARTS) is 1. The maximum atomic E-state index is 12.1. The fourth-order valence-electron chi connectivity index (χ4n) is 1.88. The third-order valence-corrected chi connectivity index (χ3v) is 2.81. The molecule has 7 heteroatoms. The number of carbonyl (C=O) groups is 1.